The lowest BCUT2D eigenvalue weighted by atomic mass is 10.2. The number of benzene rings is 2. The molecule has 0 saturated heterocycles. The van der Waals surface area contributed by atoms with Gasteiger partial charge in [-0.1, -0.05) is 34.5 Å². The van der Waals surface area contributed by atoms with E-state index in [0.29, 0.717) is 39.5 Å². The standard InChI is InChI=1S/C20H17Cl2N5O4/c1-11-19(20(29)24-15-6-13(21)5-14(22)7-15)25-26-27(11)9-18(28)23-8-12-2-3-16-17(4-12)31-10-30-16/h2-7H,8-10H2,1H3,(H,23,28)(H,24,29). The fourth-order valence-electron chi connectivity index (χ4n) is 2.98. The first-order chi connectivity index (χ1) is 14.9. The van der Waals surface area contributed by atoms with Crippen molar-refractivity contribution in [2.24, 2.45) is 0 Å². The van der Waals surface area contributed by atoms with E-state index in [1.54, 1.807) is 31.2 Å². The Kier molecular flexibility index (Phi) is 5.97. The Morgan fingerprint density at radius 3 is 2.61 bits per heavy atom. The molecule has 0 aliphatic carbocycles. The van der Waals surface area contributed by atoms with Crippen molar-refractivity contribution in [3.63, 3.8) is 0 Å². The molecule has 31 heavy (non-hydrogen) atoms. The van der Waals surface area contributed by atoms with E-state index in [2.05, 4.69) is 20.9 Å². The fraction of sp³-hybridized carbons (Fsp3) is 0.200. The quantitative estimate of drug-likeness (QED) is 0.583. The van der Waals surface area contributed by atoms with E-state index in [1.807, 2.05) is 12.1 Å². The van der Waals surface area contributed by atoms with Gasteiger partial charge < -0.3 is 20.1 Å². The summed E-state index contributed by atoms with van der Waals surface area (Å²) in [6.07, 6.45) is 0. The molecule has 2 heterocycles. The molecule has 3 aromatic rings. The minimum absolute atomic E-state index is 0.0837. The normalized spacial score (nSPS) is 12.0. The summed E-state index contributed by atoms with van der Waals surface area (Å²) in [6.45, 7) is 2.08. The molecule has 4 rings (SSSR count). The van der Waals surface area contributed by atoms with Crippen molar-refractivity contribution in [3.05, 3.63) is 63.4 Å². The number of halogens is 2. The van der Waals surface area contributed by atoms with Gasteiger partial charge >= 0.3 is 0 Å². The predicted molar refractivity (Wildman–Crippen MR) is 114 cm³/mol. The van der Waals surface area contributed by atoms with E-state index in [0.717, 1.165) is 5.56 Å². The summed E-state index contributed by atoms with van der Waals surface area (Å²) in [5.41, 5.74) is 1.84. The Morgan fingerprint density at radius 2 is 1.84 bits per heavy atom. The van der Waals surface area contributed by atoms with Crippen molar-refractivity contribution >= 4 is 40.7 Å². The Balaban J connectivity index is 1.36. The highest BCUT2D eigenvalue weighted by molar-refractivity contribution is 6.35. The average Bonchev–Trinajstić information content (AvgIpc) is 3.32. The van der Waals surface area contributed by atoms with Gasteiger partial charge in [-0.2, -0.15) is 0 Å². The van der Waals surface area contributed by atoms with Gasteiger partial charge in [0.2, 0.25) is 12.7 Å². The van der Waals surface area contributed by atoms with Crippen LogP contribution in [0.15, 0.2) is 36.4 Å². The number of amides is 2. The maximum absolute atomic E-state index is 12.5. The van der Waals surface area contributed by atoms with Crippen molar-refractivity contribution in [3.8, 4) is 11.5 Å². The number of ether oxygens (including phenoxy) is 2. The number of nitrogens with zero attached hydrogens (tertiary/aromatic N) is 3. The lowest BCUT2D eigenvalue weighted by Gasteiger charge is -2.08. The molecule has 1 aliphatic rings. The Labute approximate surface area is 187 Å². The number of carbonyl (C=O) groups excluding carboxylic acids is 2. The number of hydrogen-bond donors (Lipinski definition) is 2. The van der Waals surface area contributed by atoms with E-state index in [4.69, 9.17) is 32.7 Å². The zero-order valence-electron chi connectivity index (χ0n) is 16.3. The van der Waals surface area contributed by atoms with Gasteiger partial charge in [0.05, 0.1) is 5.69 Å². The van der Waals surface area contributed by atoms with Crippen LogP contribution in [-0.4, -0.2) is 33.6 Å². The second-order valence-electron chi connectivity index (χ2n) is 6.76. The lowest BCUT2D eigenvalue weighted by molar-refractivity contribution is -0.122. The Hall–Kier alpha value is -3.30. The van der Waals surface area contributed by atoms with Gasteiger partial charge in [-0.15, -0.1) is 5.10 Å². The van der Waals surface area contributed by atoms with Crippen LogP contribution in [0.25, 0.3) is 0 Å². The fourth-order valence-corrected chi connectivity index (χ4v) is 3.51. The van der Waals surface area contributed by atoms with Crippen LogP contribution in [0.4, 0.5) is 5.69 Å². The molecule has 2 aromatic carbocycles. The van der Waals surface area contributed by atoms with Crippen LogP contribution in [-0.2, 0) is 17.9 Å². The molecule has 0 spiro atoms. The summed E-state index contributed by atoms with van der Waals surface area (Å²) in [7, 11) is 0. The third kappa shape index (κ3) is 4.89. The van der Waals surface area contributed by atoms with Crippen LogP contribution in [0, 0.1) is 6.92 Å². The van der Waals surface area contributed by atoms with Gasteiger partial charge in [-0.05, 0) is 42.8 Å². The maximum Gasteiger partial charge on any atom is 0.278 e. The summed E-state index contributed by atoms with van der Waals surface area (Å²) in [6, 6.07) is 10.1. The highest BCUT2D eigenvalue weighted by atomic mass is 35.5. The highest BCUT2D eigenvalue weighted by Gasteiger charge is 2.19. The Bertz CT molecular complexity index is 1140. The SMILES string of the molecule is Cc1c(C(=O)Nc2cc(Cl)cc(Cl)c2)nnn1CC(=O)NCc1ccc2c(c1)OCO2. The molecule has 0 radical (unpaired) electrons. The first-order valence-electron chi connectivity index (χ1n) is 9.22. The van der Waals surface area contributed by atoms with E-state index >= 15 is 0 Å². The van der Waals surface area contributed by atoms with Crippen LogP contribution in [0.3, 0.4) is 0 Å². The molecule has 0 saturated carbocycles. The number of hydrogen-bond acceptors (Lipinski definition) is 6. The molecule has 0 fully saturated rings. The molecule has 0 unspecified atom stereocenters. The van der Waals surface area contributed by atoms with Gasteiger partial charge in [0.1, 0.15) is 6.54 Å². The third-order valence-electron chi connectivity index (χ3n) is 4.54. The molecule has 0 atom stereocenters. The summed E-state index contributed by atoms with van der Waals surface area (Å²) in [4.78, 5) is 24.9. The molecule has 1 aliphatic heterocycles. The minimum Gasteiger partial charge on any atom is -0.454 e. The zero-order valence-corrected chi connectivity index (χ0v) is 17.8. The minimum atomic E-state index is -0.483. The zero-order chi connectivity index (χ0) is 22.0. The first kappa shape index (κ1) is 21.0. The Morgan fingerprint density at radius 1 is 1.10 bits per heavy atom. The molecule has 9 nitrogen and oxygen atoms in total. The monoisotopic (exact) mass is 461 g/mol. The molecule has 1 aromatic heterocycles. The maximum atomic E-state index is 12.5. The summed E-state index contributed by atoms with van der Waals surface area (Å²) in [5, 5.41) is 14.1. The van der Waals surface area contributed by atoms with Crippen molar-refractivity contribution in [2.75, 3.05) is 12.1 Å². The predicted octanol–water partition coefficient (Wildman–Crippen LogP) is 3.19. The number of fused-ring (bicyclic) bond motifs is 1. The van der Waals surface area contributed by atoms with Crippen LogP contribution in [0.2, 0.25) is 10.0 Å². The molecule has 160 valence electrons. The van der Waals surface area contributed by atoms with Crippen molar-refractivity contribution in [1.82, 2.24) is 20.3 Å². The molecule has 11 heteroatoms. The average molecular weight is 462 g/mol. The van der Waals surface area contributed by atoms with Crippen molar-refractivity contribution in [2.45, 2.75) is 20.0 Å². The van der Waals surface area contributed by atoms with Gasteiger partial charge in [-0.25, -0.2) is 4.68 Å². The second-order valence-corrected chi connectivity index (χ2v) is 7.63. The summed E-state index contributed by atoms with van der Waals surface area (Å²) >= 11 is 11.9. The van der Waals surface area contributed by atoms with Crippen LogP contribution >= 0.6 is 23.2 Å². The van der Waals surface area contributed by atoms with Gasteiger partial charge in [0.25, 0.3) is 5.91 Å². The molecular formula is C20H17Cl2N5O4. The number of aromatic nitrogens is 3. The second kappa shape index (κ2) is 8.83. The number of rotatable bonds is 6. The van der Waals surface area contributed by atoms with Crippen LogP contribution in [0.1, 0.15) is 21.7 Å². The topological polar surface area (TPSA) is 107 Å². The third-order valence-corrected chi connectivity index (χ3v) is 4.97. The van der Waals surface area contributed by atoms with E-state index in [9.17, 15) is 9.59 Å². The van der Waals surface area contributed by atoms with Crippen molar-refractivity contribution in [1.29, 1.82) is 0 Å². The number of nitrogens with one attached hydrogen (secondary N) is 2. The highest BCUT2D eigenvalue weighted by Crippen LogP contribution is 2.32. The first-order valence-corrected chi connectivity index (χ1v) is 9.97. The molecule has 0 bridgehead atoms. The lowest BCUT2D eigenvalue weighted by Crippen LogP contribution is -2.28. The smallest absolute Gasteiger partial charge is 0.278 e. The van der Waals surface area contributed by atoms with E-state index in [1.165, 1.54) is 4.68 Å². The van der Waals surface area contributed by atoms with Crippen LogP contribution < -0.4 is 20.1 Å². The van der Waals surface area contributed by atoms with E-state index in [-0.39, 0.29) is 24.9 Å². The molecule has 2 amide bonds. The van der Waals surface area contributed by atoms with Crippen LogP contribution in [0.5, 0.6) is 11.5 Å². The summed E-state index contributed by atoms with van der Waals surface area (Å²) in [5.74, 6) is 0.566. The number of anilines is 1. The number of carbonyl (C=O) groups is 2. The van der Waals surface area contributed by atoms with Gasteiger partial charge in [0.15, 0.2) is 17.2 Å². The largest absolute Gasteiger partial charge is 0.454 e. The van der Waals surface area contributed by atoms with Gasteiger partial charge in [-0.3, -0.25) is 9.59 Å². The van der Waals surface area contributed by atoms with E-state index < -0.39 is 5.91 Å². The molecule has 2 N–H and O–H groups in total. The van der Waals surface area contributed by atoms with Gasteiger partial charge in [0, 0.05) is 22.3 Å². The molecular weight excluding hydrogens is 445 g/mol. The summed E-state index contributed by atoms with van der Waals surface area (Å²) < 4.78 is 12.0. The van der Waals surface area contributed by atoms with Crippen molar-refractivity contribution < 1.29 is 19.1 Å².